The van der Waals surface area contributed by atoms with E-state index in [4.69, 9.17) is 17.3 Å². The molecule has 0 radical (unpaired) electrons. The normalized spacial score (nSPS) is 11.7. The van der Waals surface area contributed by atoms with Crippen LogP contribution in [0.1, 0.15) is 24.2 Å². The van der Waals surface area contributed by atoms with Crippen molar-refractivity contribution in [3.63, 3.8) is 0 Å². The summed E-state index contributed by atoms with van der Waals surface area (Å²) in [5, 5.41) is 8.73. The number of benzene rings is 2. The van der Waals surface area contributed by atoms with E-state index in [0.29, 0.717) is 5.69 Å². The van der Waals surface area contributed by atoms with Gasteiger partial charge in [0.25, 0.3) is 5.91 Å². The third-order valence-corrected chi connectivity index (χ3v) is 3.95. The first-order valence-corrected chi connectivity index (χ1v) is 8.75. The maximum Gasteiger partial charge on any atom is 0.280 e. The number of rotatable bonds is 6. The van der Waals surface area contributed by atoms with E-state index < -0.39 is 29.5 Å². The van der Waals surface area contributed by atoms with Gasteiger partial charge in [0.1, 0.15) is 5.69 Å². The molecule has 3 amide bonds. The summed E-state index contributed by atoms with van der Waals surface area (Å²) in [6.07, 6.45) is 0. The van der Waals surface area contributed by atoms with Crippen LogP contribution < -0.4 is 16.2 Å². The molecule has 0 aromatic heterocycles. The van der Waals surface area contributed by atoms with E-state index in [0.717, 1.165) is 5.01 Å². The van der Waals surface area contributed by atoms with Crippen LogP contribution in [0.4, 0.5) is 11.4 Å². The Bertz CT molecular complexity index is 978. The number of hydrogen-bond acceptors (Lipinski definition) is 6. The van der Waals surface area contributed by atoms with Gasteiger partial charge >= 0.3 is 0 Å². The fourth-order valence-corrected chi connectivity index (χ4v) is 2.43. The Hall–Kier alpha value is -3.59. The number of nitrogens with two attached hydrogens (primary N) is 1. The van der Waals surface area contributed by atoms with Crippen molar-refractivity contribution in [2.75, 3.05) is 5.01 Å². The van der Waals surface area contributed by atoms with E-state index in [-0.39, 0.29) is 16.3 Å². The number of hydrogen-bond donors (Lipinski definition) is 2. The van der Waals surface area contributed by atoms with E-state index in [1.807, 2.05) is 0 Å². The van der Waals surface area contributed by atoms with Gasteiger partial charge in [-0.2, -0.15) is 10.2 Å². The third-order valence-electron chi connectivity index (χ3n) is 3.63. The van der Waals surface area contributed by atoms with Gasteiger partial charge in [-0.3, -0.25) is 24.6 Å². The Balaban J connectivity index is 2.39. The van der Waals surface area contributed by atoms with Crippen LogP contribution in [0.25, 0.3) is 0 Å². The molecule has 2 aromatic carbocycles. The number of carbonyl (C=O) groups is 4. The van der Waals surface area contributed by atoms with Crippen LogP contribution in [0.15, 0.2) is 58.8 Å². The van der Waals surface area contributed by atoms with E-state index >= 15 is 0 Å². The maximum atomic E-state index is 12.9. The maximum absolute atomic E-state index is 12.9. The van der Waals surface area contributed by atoms with Gasteiger partial charge < -0.3 is 5.73 Å². The molecule has 0 saturated carbocycles. The summed E-state index contributed by atoms with van der Waals surface area (Å²) in [6.45, 7) is 2.39. The number of azo groups is 1. The van der Waals surface area contributed by atoms with Crippen LogP contribution in [0.2, 0.25) is 5.02 Å². The number of primary amides is 1. The van der Waals surface area contributed by atoms with Crippen molar-refractivity contribution < 1.29 is 19.2 Å². The highest BCUT2D eigenvalue weighted by molar-refractivity contribution is 6.33. The van der Waals surface area contributed by atoms with Crippen molar-refractivity contribution in [1.82, 2.24) is 5.43 Å². The second kappa shape index (κ2) is 9.56. The van der Waals surface area contributed by atoms with Gasteiger partial charge in [0.2, 0.25) is 17.9 Å². The number of ketones is 1. The Morgan fingerprint density at radius 2 is 1.72 bits per heavy atom. The summed E-state index contributed by atoms with van der Waals surface area (Å²) >= 11 is 6.03. The number of nitrogens with zero attached hydrogens (tertiary/aromatic N) is 3. The summed E-state index contributed by atoms with van der Waals surface area (Å²) in [4.78, 5) is 47.9. The average Bonchev–Trinajstić information content (AvgIpc) is 2.67. The molecule has 150 valence electrons. The molecule has 0 bridgehead atoms. The van der Waals surface area contributed by atoms with Gasteiger partial charge in [-0.15, -0.1) is 0 Å². The van der Waals surface area contributed by atoms with Gasteiger partial charge in [-0.25, -0.2) is 5.01 Å². The number of para-hydroxylation sites is 1. The Morgan fingerprint density at radius 3 is 2.28 bits per heavy atom. The zero-order valence-corrected chi connectivity index (χ0v) is 16.4. The highest BCUT2D eigenvalue weighted by Gasteiger charge is 2.30. The molecular weight excluding hydrogens is 398 g/mol. The van der Waals surface area contributed by atoms with Crippen molar-refractivity contribution in [2.24, 2.45) is 16.0 Å². The molecule has 1 unspecified atom stereocenters. The molecule has 2 rings (SSSR count). The van der Waals surface area contributed by atoms with E-state index in [9.17, 15) is 19.2 Å². The monoisotopic (exact) mass is 415 g/mol. The number of anilines is 1. The zero-order chi connectivity index (χ0) is 21.6. The van der Waals surface area contributed by atoms with Gasteiger partial charge in [0, 0.05) is 12.5 Å². The number of Topliss-reactive ketones (excluding diaryl/α,β-unsaturated/α-hetero) is 1. The Labute approximate surface area is 171 Å². The number of hydrazine groups is 1. The predicted molar refractivity (Wildman–Crippen MR) is 107 cm³/mol. The molecule has 0 heterocycles. The molecule has 10 heteroatoms. The van der Waals surface area contributed by atoms with Crippen molar-refractivity contribution in [3.8, 4) is 0 Å². The molecule has 0 aliphatic carbocycles. The Kier molecular flexibility index (Phi) is 7.15. The third kappa shape index (κ3) is 5.69. The van der Waals surface area contributed by atoms with Gasteiger partial charge in [-0.1, -0.05) is 29.8 Å². The van der Waals surface area contributed by atoms with Crippen molar-refractivity contribution >= 4 is 46.5 Å². The van der Waals surface area contributed by atoms with Crippen LogP contribution in [0.5, 0.6) is 0 Å². The van der Waals surface area contributed by atoms with Crippen molar-refractivity contribution in [3.05, 3.63) is 59.1 Å². The van der Waals surface area contributed by atoms with Crippen LogP contribution >= 0.6 is 11.6 Å². The lowest BCUT2D eigenvalue weighted by Gasteiger charge is -2.24. The smallest absolute Gasteiger partial charge is 0.280 e. The number of halogens is 1. The Morgan fingerprint density at radius 1 is 1.07 bits per heavy atom. The van der Waals surface area contributed by atoms with Gasteiger partial charge in [-0.05, 0) is 37.3 Å². The summed E-state index contributed by atoms with van der Waals surface area (Å²) < 4.78 is 0. The van der Waals surface area contributed by atoms with Crippen LogP contribution in [0, 0.1) is 0 Å². The minimum absolute atomic E-state index is 0.0628. The standard InChI is InChI=1S/C19H18ClN5O4/c1-11(26)17(23-22-16-10-13(18(21)28)8-9-15(16)20)19(29)25(24-12(2)27)14-6-4-3-5-7-14/h3-10,17H,1-2H3,(H2,21,28)(H,24,27). The highest BCUT2D eigenvalue weighted by atomic mass is 35.5. The number of carbonyl (C=O) groups excluding carboxylic acids is 4. The summed E-state index contributed by atoms with van der Waals surface area (Å²) in [6, 6.07) is 10.8. The average molecular weight is 416 g/mol. The molecule has 9 nitrogen and oxygen atoms in total. The van der Waals surface area contributed by atoms with E-state index in [1.165, 1.54) is 32.0 Å². The fourth-order valence-electron chi connectivity index (χ4n) is 2.27. The molecule has 0 aliphatic heterocycles. The first-order chi connectivity index (χ1) is 13.7. The van der Waals surface area contributed by atoms with E-state index in [2.05, 4.69) is 15.7 Å². The molecule has 29 heavy (non-hydrogen) atoms. The molecule has 0 spiro atoms. The second-order valence-electron chi connectivity index (χ2n) is 5.94. The molecule has 1 atom stereocenters. The molecule has 0 aliphatic rings. The minimum Gasteiger partial charge on any atom is -0.366 e. The van der Waals surface area contributed by atoms with Crippen molar-refractivity contribution in [1.29, 1.82) is 0 Å². The SMILES string of the molecule is CC(=O)NN(C(=O)C(N=Nc1cc(C(N)=O)ccc1Cl)C(C)=O)c1ccccc1. The molecule has 0 fully saturated rings. The van der Waals surface area contributed by atoms with Crippen LogP contribution in [-0.4, -0.2) is 29.5 Å². The molecule has 2 aromatic rings. The summed E-state index contributed by atoms with van der Waals surface area (Å²) in [5.41, 5.74) is 8.13. The van der Waals surface area contributed by atoms with Crippen LogP contribution in [0.3, 0.4) is 0 Å². The lowest BCUT2D eigenvalue weighted by atomic mass is 10.2. The van der Waals surface area contributed by atoms with Crippen LogP contribution in [-0.2, 0) is 14.4 Å². The molecule has 3 N–H and O–H groups in total. The molecular formula is C19H18ClN5O4. The first-order valence-electron chi connectivity index (χ1n) is 8.37. The highest BCUT2D eigenvalue weighted by Crippen LogP contribution is 2.27. The van der Waals surface area contributed by atoms with Crippen molar-refractivity contribution in [2.45, 2.75) is 19.9 Å². The quantitative estimate of drug-likeness (QED) is 0.425. The second-order valence-corrected chi connectivity index (χ2v) is 6.34. The van der Waals surface area contributed by atoms with E-state index in [1.54, 1.807) is 30.3 Å². The minimum atomic E-state index is -1.55. The zero-order valence-electron chi connectivity index (χ0n) is 15.6. The lowest BCUT2D eigenvalue weighted by Crippen LogP contribution is -2.51. The summed E-state index contributed by atoms with van der Waals surface area (Å²) in [5.74, 6) is -2.63. The fraction of sp³-hybridized carbons (Fsp3) is 0.158. The predicted octanol–water partition coefficient (Wildman–Crippen LogP) is 2.56. The summed E-state index contributed by atoms with van der Waals surface area (Å²) in [7, 11) is 0. The largest absolute Gasteiger partial charge is 0.366 e. The van der Waals surface area contributed by atoms with Gasteiger partial charge in [0.05, 0.1) is 10.7 Å². The molecule has 0 saturated heterocycles. The lowest BCUT2D eigenvalue weighted by molar-refractivity contribution is -0.130. The number of nitrogens with one attached hydrogen (secondary N) is 1. The van der Waals surface area contributed by atoms with Gasteiger partial charge in [0.15, 0.2) is 5.78 Å². The topological polar surface area (TPSA) is 134 Å². The number of amides is 3. The first kappa shape index (κ1) is 21.7.